The molecule has 1 amide bonds. The van der Waals surface area contributed by atoms with E-state index >= 15 is 0 Å². The summed E-state index contributed by atoms with van der Waals surface area (Å²) in [5.74, 6) is 1.16. The standard InChI is InChI=1S/C26H25BrN4O3S/c1-33-22-14-17(9-12-21(22)34-15-16-7-10-19(27)11-8-16)13-20-23(28)31-26(29-24(20)32)35-25(30-31)18-5-3-2-4-6-18/h7-14,18,28H,2-6,15H2,1H3. The molecule has 2 aromatic rings. The SMILES string of the molecule is COc1cc(C=C2C(=N)N3N=C(C4CCCCC4)SC3=NC2=O)ccc1OCc1ccc(Br)cc1. The van der Waals surface area contributed by atoms with Crippen LogP contribution in [0.5, 0.6) is 11.5 Å². The quantitative estimate of drug-likeness (QED) is 0.428. The summed E-state index contributed by atoms with van der Waals surface area (Å²) in [7, 11) is 1.58. The highest BCUT2D eigenvalue weighted by Crippen LogP contribution is 2.36. The molecule has 35 heavy (non-hydrogen) atoms. The van der Waals surface area contributed by atoms with Crippen molar-refractivity contribution in [3.8, 4) is 11.5 Å². The fraction of sp³-hybridized carbons (Fsp3) is 0.308. The number of carbonyl (C=O) groups is 1. The second-order valence-corrected chi connectivity index (χ2v) is 10.5. The van der Waals surface area contributed by atoms with E-state index in [1.54, 1.807) is 25.3 Å². The van der Waals surface area contributed by atoms with Crippen LogP contribution in [0, 0.1) is 11.3 Å². The molecule has 9 heteroatoms. The third kappa shape index (κ3) is 5.21. The van der Waals surface area contributed by atoms with Gasteiger partial charge in [0.2, 0.25) is 5.17 Å². The number of hydrogen-bond donors (Lipinski definition) is 1. The number of ether oxygens (including phenoxy) is 2. The van der Waals surface area contributed by atoms with Crippen molar-refractivity contribution >= 4 is 55.7 Å². The maximum Gasteiger partial charge on any atom is 0.283 e. The van der Waals surface area contributed by atoms with Crippen LogP contribution in [0.3, 0.4) is 0 Å². The van der Waals surface area contributed by atoms with Crippen LogP contribution in [-0.2, 0) is 11.4 Å². The van der Waals surface area contributed by atoms with Crippen LogP contribution < -0.4 is 9.47 Å². The van der Waals surface area contributed by atoms with E-state index in [0.717, 1.165) is 27.9 Å². The van der Waals surface area contributed by atoms with Gasteiger partial charge in [0.25, 0.3) is 5.91 Å². The molecule has 2 aliphatic heterocycles. The summed E-state index contributed by atoms with van der Waals surface area (Å²) >= 11 is 4.86. The van der Waals surface area contributed by atoms with E-state index < -0.39 is 5.91 Å². The topological polar surface area (TPSA) is 87.3 Å². The molecule has 0 radical (unpaired) electrons. The highest BCUT2D eigenvalue weighted by atomic mass is 79.9. The van der Waals surface area contributed by atoms with Crippen LogP contribution in [-0.4, -0.2) is 34.1 Å². The fourth-order valence-electron chi connectivity index (χ4n) is 4.32. The summed E-state index contributed by atoms with van der Waals surface area (Å²) in [6.07, 6.45) is 7.52. The van der Waals surface area contributed by atoms with Gasteiger partial charge >= 0.3 is 0 Å². The zero-order valence-corrected chi connectivity index (χ0v) is 21.7. The number of carbonyl (C=O) groups excluding carboxylic acids is 1. The van der Waals surface area contributed by atoms with Gasteiger partial charge in [0.05, 0.1) is 12.7 Å². The van der Waals surface area contributed by atoms with Crippen LogP contribution in [0.2, 0.25) is 0 Å². The van der Waals surface area contributed by atoms with Gasteiger partial charge in [-0.15, -0.1) is 0 Å². The van der Waals surface area contributed by atoms with E-state index in [1.165, 1.54) is 36.0 Å². The first-order valence-corrected chi connectivity index (χ1v) is 13.2. The lowest BCUT2D eigenvalue weighted by Gasteiger charge is -2.20. The fourth-order valence-corrected chi connectivity index (χ4v) is 5.65. The Labute approximate surface area is 216 Å². The van der Waals surface area contributed by atoms with Crippen LogP contribution in [0.15, 0.2) is 62.6 Å². The molecule has 0 aromatic heterocycles. The average Bonchev–Trinajstić information content (AvgIpc) is 3.31. The number of aliphatic imine (C=N–C) groups is 1. The maximum absolute atomic E-state index is 12.8. The number of benzene rings is 2. The van der Waals surface area contributed by atoms with Crippen molar-refractivity contribution in [3.05, 3.63) is 63.6 Å². The van der Waals surface area contributed by atoms with Gasteiger partial charge in [-0.25, -0.2) is 0 Å². The van der Waals surface area contributed by atoms with E-state index in [-0.39, 0.29) is 11.4 Å². The molecule has 0 spiro atoms. The predicted molar refractivity (Wildman–Crippen MR) is 143 cm³/mol. The van der Waals surface area contributed by atoms with Crippen LogP contribution in [0.1, 0.15) is 43.2 Å². The number of fused-ring (bicyclic) bond motifs is 1. The van der Waals surface area contributed by atoms with Crippen LogP contribution >= 0.6 is 27.7 Å². The van der Waals surface area contributed by atoms with Crippen molar-refractivity contribution in [2.24, 2.45) is 16.0 Å². The number of amidine groups is 2. The number of hydrogen-bond acceptors (Lipinski definition) is 6. The van der Waals surface area contributed by atoms with Crippen molar-refractivity contribution in [3.63, 3.8) is 0 Å². The van der Waals surface area contributed by atoms with E-state index in [1.807, 2.05) is 30.3 Å². The predicted octanol–water partition coefficient (Wildman–Crippen LogP) is 6.24. The number of amides is 1. The lowest BCUT2D eigenvalue weighted by Crippen LogP contribution is -2.35. The minimum atomic E-state index is -0.427. The monoisotopic (exact) mass is 552 g/mol. The number of rotatable bonds is 6. The van der Waals surface area contributed by atoms with Crippen molar-refractivity contribution in [2.45, 2.75) is 38.7 Å². The number of nitrogens with one attached hydrogen (secondary N) is 1. The second-order valence-electron chi connectivity index (χ2n) is 8.62. The molecule has 1 saturated carbocycles. The molecule has 1 N–H and O–H groups in total. The molecule has 0 atom stereocenters. The van der Waals surface area contributed by atoms with Gasteiger partial charge in [-0.3, -0.25) is 10.2 Å². The second kappa shape index (κ2) is 10.4. The number of methoxy groups -OCH3 is 1. The zero-order valence-electron chi connectivity index (χ0n) is 19.3. The van der Waals surface area contributed by atoms with E-state index in [0.29, 0.717) is 34.8 Å². The highest BCUT2D eigenvalue weighted by molar-refractivity contribution is 9.10. The molecule has 1 fully saturated rings. The molecule has 0 saturated heterocycles. The average molecular weight is 553 g/mol. The largest absolute Gasteiger partial charge is 0.493 e. The summed E-state index contributed by atoms with van der Waals surface area (Å²) in [5.41, 5.74) is 1.95. The number of nitrogens with zero attached hydrogens (tertiary/aromatic N) is 3. The van der Waals surface area contributed by atoms with E-state index in [4.69, 9.17) is 14.9 Å². The Morgan fingerprint density at radius 2 is 1.91 bits per heavy atom. The van der Waals surface area contributed by atoms with Crippen molar-refractivity contribution in [1.82, 2.24) is 5.01 Å². The first kappa shape index (κ1) is 23.8. The normalized spacial score (nSPS) is 19.5. The Kier molecular flexibility index (Phi) is 7.06. The first-order valence-electron chi connectivity index (χ1n) is 11.6. The molecule has 5 rings (SSSR count). The number of hydrazone groups is 1. The van der Waals surface area contributed by atoms with Gasteiger partial charge in [0.15, 0.2) is 17.3 Å². The van der Waals surface area contributed by atoms with Gasteiger partial charge in [-0.05, 0) is 66.1 Å². The summed E-state index contributed by atoms with van der Waals surface area (Å²) in [6.45, 7) is 0.401. The smallest absolute Gasteiger partial charge is 0.283 e. The first-order chi connectivity index (χ1) is 17.0. The summed E-state index contributed by atoms with van der Waals surface area (Å²) in [6, 6.07) is 13.3. The van der Waals surface area contributed by atoms with Crippen molar-refractivity contribution < 1.29 is 14.3 Å². The Morgan fingerprint density at radius 3 is 2.66 bits per heavy atom. The molecule has 1 aliphatic carbocycles. The van der Waals surface area contributed by atoms with E-state index in [9.17, 15) is 4.79 Å². The summed E-state index contributed by atoms with van der Waals surface area (Å²) < 4.78 is 12.5. The molecule has 2 heterocycles. The summed E-state index contributed by atoms with van der Waals surface area (Å²) in [5, 5.41) is 16.3. The molecule has 0 unspecified atom stereocenters. The molecule has 180 valence electrons. The van der Waals surface area contributed by atoms with Crippen molar-refractivity contribution in [1.29, 1.82) is 5.41 Å². The van der Waals surface area contributed by atoms with Gasteiger partial charge in [0, 0.05) is 10.4 Å². The molecule has 0 bridgehead atoms. The third-order valence-electron chi connectivity index (χ3n) is 6.23. The van der Waals surface area contributed by atoms with Gasteiger partial charge < -0.3 is 9.47 Å². The molecular weight excluding hydrogens is 528 g/mol. The zero-order chi connectivity index (χ0) is 24.4. The Morgan fingerprint density at radius 1 is 1.14 bits per heavy atom. The minimum Gasteiger partial charge on any atom is -0.493 e. The summed E-state index contributed by atoms with van der Waals surface area (Å²) in [4.78, 5) is 17.0. The Hall–Kier alpha value is -2.91. The van der Waals surface area contributed by atoms with Crippen LogP contribution in [0.25, 0.3) is 6.08 Å². The highest BCUT2D eigenvalue weighted by Gasteiger charge is 2.37. The van der Waals surface area contributed by atoms with E-state index in [2.05, 4.69) is 26.0 Å². The minimum absolute atomic E-state index is 0.0489. The van der Waals surface area contributed by atoms with Gasteiger partial charge in [-0.2, -0.15) is 15.1 Å². The van der Waals surface area contributed by atoms with Gasteiger partial charge in [0.1, 0.15) is 11.7 Å². The number of thioether (sulfide) groups is 1. The number of halogens is 1. The lowest BCUT2D eigenvalue weighted by atomic mass is 9.90. The Bertz CT molecular complexity index is 1250. The lowest BCUT2D eigenvalue weighted by molar-refractivity contribution is -0.114. The maximum atomic E-state index is 12.8. The molecular formula is C26H25BrN4O3S. The third-order valence-corrected chi connectivity index (χ3v) is 7.83. The molecule has 2 aromatic carbocycles. The molecule has 3 aliphatic rings. The Balaban J connectivity index is 1.34. The van der Waals surface area contributed by atoms with Crippen molar-refractivity contribution in [2.75, 3.05) is 7.11 Å². The van der Waals surface area contributed by atoms with Gasteiger partial charge in [-0.1, -0.05) is 53.4 Å². The molecule has 7 nitrogen and oxygen atoms in total. The van der Waals surface area contributed by atoms with Crippen LogP contribution in [0.4, 0.5) is 0 Å².